The van der Waals surface area contributed by atoms with Crippen LogP contribution in [0.2, 0.25) is 0 Å². The number of halogens is 2. The Hall–Kier alpha value is -1.14. The Morgan fingerprint density at radius 1 is 1.50 bits per heavy atom. The molecule has 0 aliphatic carbocycles. The van der Waals surface area contributed by atoms with Crippen LogP contribution in [0.4, 0.5) is 8.78 Å². The fourth-order valence-corrected chi connectivity index (χ4v) is 1.74. The molecule has 0 radical (unpaired) electrons. The molecule has 0 heterocycles. The summed E-state index contributed by atoms with van der Waals surface area (Å²) in [5, 5.41) is 9.43. The van der Waals surface area contributed by atoms with Gasteiger partial charge in [-0.2, -0.15) is 0 Å². The molecule has 0 aromatic heterocycles. The summed E-state index contributed by atoms with van der Waals surface area (Å²) in [6.45, 7) is 0. The van der Waals surface area contributed by atoms with Gasteiger partial charge in [0, 0.05) is 5.56 Å². The smallest absolute Gasteiger partial charge is 0.339 e. The molecule has 0 bridgehead atoms. The zero-order chi connectivity index (χ0) is 12.3. The maximum atomic E-state index is 13.7. The molecule has 0 aliphatic heterocycles. The molecular weight excluding hydrogens is 238 g/mol. The van der Waals surface area contributed by atoms with E-state index in [-0.39, 0.29) is 10.5 Å². The number of hydrogen-bond donors (Lipinski definition) is 1. The molecule has 0 saturated carbocycles. The van der Waals surface area contributed by atoms with Crippen molar-refractivity contribution in [2.24, 2.45) is 0 Å². The van der Waals surface area contributed by atoms with E-state index < -0.39 is 23.7 Å². The summed E-state index contributed by atoms with van der Waals surface area (Å²) >= 11 is 0.860. The first-order valence-corrected chi connectivity index (χ1v) is 5.53. The van der Waals surface area contributed by atoms with E-state index >= 15 is 0 Å². The van der Waals surface area contributed by atoms with E-state index in [1.54, 1.807) is 0 Å². The predicted molar refractivity (Wildman–Crippen MR) is 55.1 cm³/mol. The van der Waals surface area contributed by atoms with Gasteiger partial charge >= 0.3 is 5.97 Å². The van der Waals surface area contributed by atoms with E-state index in [0.29, 0.717) is 0 Å². The van der Waals surface area contributed by atoms with Crippen LogP contribution in [0.15, 0.2) is 17.0 Å². The van der Waals surface area contributed by atoms with Crippen LogP contribution in [-0.4, -0.2) is 24.4 Å². The Morgan fingerprint density at radius 3 is 2.62 bits per heavy atom. The van der Waals surface area contributed by atoms with Crippen molar-refractivity contribution in [3.8, 4) is 0 Å². The van der Waals surface area contributed by atoms with Gasteiger partial charge in [0.05, 0.1) is 12.0 Å². The molecule has 3 nitrogen and oxygen atoms in total. The van der Waals surface area contributed by atoms with Gasteiger partial charge in [0.25, 0.3) is 0 Å². The summed E-state index contributed by atoms with van der Waals surface area (Å²) in [4.78, 5) is 10.8. The molecule has 6 heteroatoms. The van der Waals surface area contributed by atoms with Crippen molar-refractivity contribution in [1.29, 1.82) is 0 Å². The fraction of sp³-hybridized carbons (Fsp3) is 0.300. The lowest BCUT2D eigenvalue weighted by molar-refractivity contribution is -0.150. The average Bonchev–Trinajstić information content (AvgIpc) is 2.28. The fourth-order valence-electron chi connectivity index (χ4n) is 1.18. The van der Waals surface area contributed by atoms with Crippen molar-refractivity contribution in [3.05, 3.63) is 29.3 Å². The molecule has 1 rings (SSSR count). The highest BCUT2D eigenvalue weighted by molar-refractivity contribution is 7.98. The molecule has 1 aromatic rings. The molecular formula is C10H10F2O3S. The van der Waals surface area contributed by atoms with Crippen LogP contribution >= 0.6 is 11.8 Å². The normalized spacial score (nSPS) is 12.3. The highest BCUT2D eigenvalue weighted by Gasteiger charge is 2.24. The highest BCUT2D eigenvalue weighted by atomic mass is 32.2. The lowest BCUT2D eigenvalue weighted by Crippen LogP contribution is -2.15. The van der Waals surface area contributed by atoms with Crippen LogP contribution in [-0.2, 0) is 9.53 Å². The first kappa shape index (κ1) is 12.9. The Morgan fingerprint density at radius 2 is 2.12 bits per heavy atom. The van der Waals surface area contributed by atoms with Gasteiger partial charge in [0.1, 0.15) is 11.6 Å². The Bertz CT molecular complexity index is 409. The summed E-state index contributed by atoms with van der Waals surface area (Å²) in [5.41, 5.74) is -0.294. The van der Waals surface area contributed by atoms with E-state index in [1.807, 2.05) is 0 Å². The third-order valence-corrected chi connectivity index (χ3v) is 2.78. The number of carbonyl (C=O) groups is 1. The number of methoxy groups -OCH3 is 1. The molecule has 1 unspecified atom stereocenters. The van der Waals surface area contributed by atoms with Gasteiger partial charge in [-0.05, 0) is 18.4 Å². The minimum atomic E-state index is -1.74. The number of thioether (sulfide) groups is 1. The van der Waals surface area contributed by atoms with Crippen molar-refractivity contribution in [3.63, 3.8) is 0 Å². The third kappa shape index (κ3) is 2.33. The molecule has 88 valence electrons. The zero-order valence-corrected chi connectivity index (χ0v) is 9.48. The molecule has 0 fully saturated rings. The SMILES string of the molecule is COC(=O)C(O)c1ccc(F)c(SC)c1F. The Balaban J connectivity index is 3.20. The Kier molecular flexibility index (Phi) is 4.26. The standard InChI is InChI=1S/C10H10F2O3S/c1-15-10(14)8(13)5-3-4-6(11)9(16-2)7(5)12/h3-4,8,13H,1-2H3. The van der Waals surface area contributed by atoms with Gasteiger partial charge in [0.15, 0.2) is 6.10 Å². The van der Waals surface area contributed by atoms with Crippen molar-refractivity contribution in [2.45, 2.75) is 11.0 Å². The van der Waals surface area contributed by atoms with Gasteiger partial charge in [-0.1, -0.05) is 0 Å². The van der Waals surface area contributed by atoms with E-state index in [9.17, 15) is 18.7 Å². The Labute approximate surface area is 95.4 Å². The molecule has 1 aromatic carbocycles. The van der Waals surface area contributed by atoms with Crippen molar-refractivity contribution in [2.75, 3.05) is 13.4 Å². The van der Waals surface area contributed by atoms with Crippen molar-refractivity contribution < 1.29 is 23.4 Å². The minimum Gasteiger partial charge on any atom is -0.467 e. The number of aliphatic hydroxyl groups is 1. The second-order valence-corrected chi connectivity index (χ2v) is 3.73. The van der Waals surface area contributed by atoms with E-state index in [2.05, 4.69) is 4.74 Å². The summed E-state index contributed by atoms with van der Waals surface area (Å²) < 4.78 is 31.0. The number of benzene rings is 1. The first-order chi connectivity index (χ1) is 7.52. The van der Waals surface area contributed by atoms with E-state index in [1.165, 1.54) is 6.26 Å². The maximum absolute atomic E-state index is 13.7. The van der Waals surface area contributed by atoms with Crippen LogP contribution in [0.5, 0.6) is 0 Å². The van der Waals surface area contributed by atoms with Crippen LogP contribution in [0.3, 0.4) is 0 Å². The minimum absolute atomic E-state index is 0.236. The lowest BCUT2D eigenvalue weighted by atomic mass is 10.1. The quantitative estimate of drug-likeness (QED) is 0.655. The van der Waals surface area contributed by atoms with E-state index in [4.69, 9.17) is 0 Å². The largest absolute Gasteiger partial charge is 0.467 e. The van der Waals surface area contributed by atoms with Gasteiger partial charge in [-0.15, -0.1) is 11.8 Å². The van der Waals surface area contributed by atoms with Gasteiger partial charge < -0.3 is 9.84 Å². The number of rotatable bonds is 3. The van der Waals surface area contributed by atoms with Crippen LogP contribution in [0.1, 0.15) is 11.7 Å². The van der Waals surface area contributed by atoms with Crippen LogP contribution in [0, 0.1) is 11.6 Å². The molecule has 1 atom stereocenters. The predicted octanol–water partition coefficient (Wildman–Crippen LogP) is 1.89. The van der Waals surface area contributed by atoms with Crippen LogP contribution in [0.25, 0.3) is 0 Å². The third-order valence-electron chi connectivity index (χ3n) is 2.00. The summed E-state index contributed by atoms with van der Waals surface area (Å²) in [6.07, 6.45) is -0.244. The first-order valence-electron chi connectivity index (χ1n) is 4.30. The number of hydrogen-bond acceptors (Lipinski definition) is 4. The van der Waals surface area contributed by atoms with Gasteiger partial charge in [-0.25, -0.2) is 13.6 Å². The summed E-state index contributed by atoms with van der Waals surface area (Å²) in [7, 11) is 1.07. The molecule has 0 saturated heterocycles. The number of ether oxygens (including phenoxy) is 1. The van der Waals surface area contributed by atoms with Gasteiger partial charge in [0.2, 0.25) is 0 Å². The second kappa shape index (κ2) is 5.27. The molecule has 1 N–H and O–H groups in total. The topological polar surface area (TPSA) is 46.5 Å². The van der Waals surface area contributed by atoms with Crippen molar-refractivity contribution in [1.82, 2.24) is 0 Å². The highest BCUT2D eigenvalue weighted by Crippen LogP contribution is 2.28. The summed E-state index contributed by atoms with van der Waals surface area (Å²) in [5.74, 6) is -2.66. The molecule has 16 heavy (non-hydrogen) atoms. The number of aliphatic hydroxyl groups excluding tert-OH is 1. The van der Waals surface area contributed by atoms with Crippen molar-refractivity contribution >= 4 is 17.7 Å². The summed E-state index contributed by atoms with van der Waals surface area (Å²) in [6, 6.07) is 2.02. The van der Waals surface area contributed by atoms with Crippen LogP contribution < -0.4 is 0 Å². The number of carbonyl (C=O) groups excluding carboxylic acids is 1. The lowest BCUT2D eigenvalue weighted by Gasteiger charge is -2.11. The zero-order valence-electron chi connectivity index (χ0n) is 8.66. The monoisotopic (exact) mass is 248 g/mol. The average molecular weight is 248 g/mol. The molecule has 0 aliphatic rings. The maximum Gasteiger partial charge on any atom is 0.339 e. The molecule has 0 amide bonds. The number of esters is 1. The van der Waals surface area contributed by atoms with E-state index in [0.717, 1.165) is 31.0 Å². The molecule has 0 spiro atoms. The van der Waals surface area contributed by atoms with Gasteiger partial charge in [-0.3, -0.25) is 0 Å². The second-order valence-electron chi connectivity index (χ2n) is 2.91.